The summed E-state index contributed by atoms with van der Waals surface area (Å²) in [6.45, 7) is 2.71. The molecule has 0 aliphatic carbocycles. The van der Waals surface area contributed by atoms with Crippen LogP contribution in [0.15, 0.2) is 22.8 Å². The Morgan fingerprint density at radius 1 is 1.47 bits per heavy atom. The zero-order chi connectivity index (χ0) is 11.0. The molecule has 0 amide bonds. The Morgan fingerprint density at radius 3 is 2.87 bits per heavy atom. The molecule has 1 aromatic carbocycles. The first-order valence-electron chi connectivity index (χ1n) is 4.50. The van der Waals surface area contributed by atoms with Crippen molar-refractivity contribution in [1.29, 1.82) is 0 Å². The lowest BCUT2D eigenvalue weighted by Crippen LogP contribution is -1.87. The molecule has 2 unspecified atom stereocenters. The number of benzene rings is 1. The van der Waals surface area contributed by atoms with Crippen molar-refractivity contribution in [3.05, 3.63) is 33.9 Å². The molecule has 1 aromatic heterocycles. The maximum absolute atomic E-state index is 5.08. The molecule has 0 spiro atoms. The van der Waals surface area contributed by atoms with Crippen molar-refractivity contribution in [3.63, 3.8) is 0 Å². The van der Waals surface area contributed by atoms with Gasteiger partial charge in [0.05, 0.1) is 12.1 Å². The van der Waals surface area contributed by atoms with E-state index in [0.29, 0.717) is 6.61 Å². The van der Waals surface area contributed by atoms with Gasteiger partial charge in [-0.2, -0.15) is 0 Å². The highest BCUT2D eigenvalue weighted by atomic mass is 79.9. The van der Waals surface area contributed by atoms with Gasteiger partial charge in [-0.25, -0.2) is 0 Å². The molecular weight excluding hydrogens is 292 g/mol. The van der Waals surface area contributed by atoms with Gasteiger partial charge >= 0.3 is 0 Å². The molecular formula is C10H12BrNOP2. The minimum atomic E-state index is 0.600. The van der Waals surface area contributed by atoms with Crippen LogP contribution in [-0.4, -0.2) is 4.34 Å². The summed E-state index contributed by atoms with van der Waals surface area (Å²) in [6, 6.07) is 4.29. The molecule has 0 aliphatic heterocycles. The Labute approximate surface area is 102 Å². The highest BCUT2D eigenvalue weighted by Crippen LogP contribution is 2.29. The average molecular weight is 304 g/mol. The summed E-state index contributed by atoms with van der Waals surface area (Å²) in [5.41, 5.74) is 3.64. The van der Waals surface area contributed by atoms with Gasteiger partial charge in [0.2, 0.25) is 0 Å². The molecule has 80 valence electrons. The summed E-state index contributed by atoms with van der Waals surface area (Å²) in [5, 5.41) is 1.27. The number of rotatable bonds is 2. The van der Waals surface area contributed by atoms with E-state index in [1.807, 2.05) is 0 Å². The van der Waals surface area contributed by atoms with Crippen LogP contribution in [0.5, 0.6) is 0 Å². The first-order valence-corrected chi connectivity index (χ1v) is 6.28. The molecule has 2 aromatic rings. The molecule has 0 saturated heterocycles. The molecule has 1 heterocycles. The summed E-state index contributed by atoms with van der Waals surface area (Å²) in [4.78, 5) is 0. The number of hydrogen-bond acceptors (Lipinski definition) is 1. The van der Waals surface area contributed by atoms with Gasteiger partial charge in [0.1, 0.15) is 0 Å². The van der Waals surface area contributed by atoms with Gasteiger partial charge in [-0.05, 0) is 39.6 Å². The van der Waals surface area contributed by atoms with Crippen LogP contribution < -0.4 is 0 Å². The lowest BCUT2D eigenvalue weighted by molar-refractivity contribution is 0.361. The lowest BCUT2D eigenvalue weighted by atomic mass is 10.1. The van der Waals surface area contributed by atoms with Gasteiger partial charge < -0.3 is 8.86 Å². The van der Waals surface area contributed by atoms with Crippen LogP contribution in [0.3, 0.4) is 0 Å². The van der Waals surface area contributed by atoms with E-state index < -0.39 is 0 Å². The minimum absolute atomic E-state index is 0.600. The number of halogens is 1. The predicted molar refractivity (Wildman–Crippen MR) is 74.0 cm³/mol. The fourth-order valence-electron chi connectivity index (χ4n) is 1.69. The van der Waals surface area contributed by atoms with E-state index in [-0.39, 0.29) is 0 Å². The lowest BCUT2D eigenvalue weighted by Gasteiger charge is -2.05. The summed E-state index contributed by atoms with van der Waals surface area (Å²) in [7, 11) is 4.97. The van der Waals surface area contributed by atoms with Crippen LogP contribution in [0.2, 0.25) is 0 Å². The molecule has 0 radical (unpaired) electrons. The van der Waals surface area contributed by atoms with Gasteiger partial charge in [0.25, 0.3) is 0 Å². The number of aryl methyl sites for hydroxylation is 1. The third-order valence-corrected chi connectivity index (χ3v) is 3.77. The third kappa shape index (κ3) is 2.12. The van der Waals surface area contributed by atoms with E-state index >= 15 is 0 Å². The molecule has 0 bridgehead atoms. The largest absolute Gasteiger partial charge is 0.361 e. The Morgan fingerprint density at radius 2 is 2.20 bits per heavy atom. The second-order valence-corrected chi connectivity index (χ2v) is 5.24. The van der Waals surface area contributed by atoms with Gasteiger partial charge in [-0.3, -0.25) is 0 Å². The van der Waals surface area contributed by atoms with Crippen molar-refractivity contribution in [3.8, 4) is 0 Å². The molecule has 0 aliphatic rings. The van der Waals surface area contributed by atoms with Crippen LogP contribution in [0, 0.1) is 6.92 Å². The Hall–Kier alpha value is 0.0600. The second kappa shape index (κ2) is 4.51. The molecule has 2 atom stereocenters. The third-order valence-electron chi connectivity index (χ3n) is 2.44. The molecule has 2 nitrogen and oxygen atoms in total. The van der Waals surface area contributed by atoms with Crippen molar-refractivity contribution in [2.45, 2.75) is 13.5 Å². The highest BCUT2D eigenvalue weighted by molar-refractivity contribution is 9.10. The molecule has 2 rings (SSSR count). The second-order valence-electron chi connectivity index (χ2n) is 3.49. The van der Waals surface area contributed by atoms with E-state index in [9.17, 15) is 0 Å². The zero-order valence-corrected chi connectivity index (χ0v) is 12.2. The highest BCUT2D eigenvalue weighted by Gasteiger charge is 2.07. The van der Waals surface area contributed by atoms with Crippen LogP contribution in [0.1, 0.15) is 11.1 Å². The van der Waals surface area contributed by atoms with E-state index in [0.717, 1.165) is 10.0 Å². The number of aromatic nitrogens is 1. The number of fused-ring (bicyclic) bond motifs is 1. The minimum Gasteiger partial charge on any atom is -0.361 e. The summed E-state index contributed by atoms with van der Waals surface area (Å²) >= 11 is 3.55. The number of hydrogen-bond donors (Lipinski definition) is 0. The van der Waals surface area contributed by atoms with Crippen LogP contribution in [0.4, 0.5) is 0 Å². The van der Waals surface area contributed by atoms with Crippen LogP contribution >= 0.6 is 34.8 Å². The maximum atomic E-state index is 5.08. The van der Waals surface area contributed by atoms with Gasteiger partial charge in [0.15, 0.2) is 0 Å². The monoisotopic (exact) mass is 303 g/mol. The van der Waals surface area contributed by atoms with E-state index in [1.54, 1.807) is 0 Å². The van der Waals surface area contributed by atoms with Gasteiger partial charge in [-0.1, -0.05) is 15.9 Å². The smallest absolute Gasteiger partial charge is 0.0763 e. The van der Waals surface area contributed by atoms with Crippen molar-refractivity contribution < 1.29 is 4.52 Å². The zero-order valence-electron chi connectivity index (χ0n) is 8.33. The molecule has 0 fully saturated rings. The van der Waals surface area contributed by atoms with E-state index in [4.69, 9.17) is 4.52 Å². The normalized spacial score (nSPS) is 11.2. The fourth-order valence-corrected chi connectivity index (χ4v) is 2.75. The van der Waals surface area contributed by atoms with Crippen molar-refractivity contribution in [2.75, 3.05) is 0 Å². The molecule has 15 heavy (non-hydrogen) atoms. The first-order chi connectivity index (χ1) is 7.13. The van der Waals surface area contributed by atoms with Crippen LogP contribution in [-0.2, 0) is 11.1 Å². The van der Waals surface area contributed by atoms with Crippen molar-refractivity contribution in [2.24, 2.45) is 0 Å². The molecule has 0 N–H and O–H groups in total. The van der Waals surface area contributed by atoms with Crippen molar-refractivity contribution >= 4 is 45.7 Å². The van der Waals surface area contributed by atoms with Crippen LogP contribution in [0.25, 0.3) is 10.9 Å². The van der Waals surface area contributed by atoms with Gasteiger partial charge in [0, 0.05) is 25.5 Å². The summed E-state index contributed by atoms with van der Waals surface area (Å²) in [6.07, 6.45) is 2.10. The SMILES string of the molecule is Cc1cn(P)c2cc(Br)c(COP)cc12. The topological polar surface area (TPSA) is 14.2 Å². The standard InChI is InChI=1S/C10H12BrNOP2/c1-6-4-12(14)10-3-9(11)7(5-13-15)2-8(6)10/h2-4H,5,14-15H2,1H3. The van der Waals surface area contributed by atoms with Crippen molar-refractivity contribution in [1.82, 2.24) is 4.34 Å². The Kier molecular flexibility index (Phi) is 3.47. The fraction of sp³-hybridized carbons (Fsp3) is 0.200. The van der Waals surface area contributed by atoms with E-state index in [2.05, 4.69) is 64.4 Å². The quantitative estimate of drug-likeness (QED) is 0.772. The molecule has 5 heteroatoms. The summed E-state index contributed by atoms with van der Waals surface area (Å²) < 4.78 is 8.22. The maximum Gasteiger partial charge on any atom is 0.0763 e. The summed E-state index contributed by atoms with van der Waals surface area (Å²) in [5.74, 6) is 0. The first kappa shape index (κ1) is 11.5. The van der Waals surface area contributed by atoms with E-state index in [1.165, 1.54) is 16.5 Å². The molecule has 0 saturated carbocycles. The number of nitrogens with zero attached hydrogens (tertiary/aromatic N) is 1. The Bertz CT molecular complexity index is 510. The predicted octanol–water partition coefficient (Wildman–Crippen LogP) is 3.66. The average Bonchev–Trinajstić information content (AvgIpc) is 2.44. The van der Waals surface area contributed by atoms with Gasteiger partial charge in [-0.15, -0.1) is 0 Å². The Balaban J connectivity index is 2.68.